The topological polar surface area (TPSA) is 212 Å². The molecule has 13 N–H and O–H groups in total. The first-order valence-corrected chi connectivity index (χ1v) is 14.0. The Hall–Kier alpha value is -0.130. The fourth-order valence-electron chi connectivity index (χ4n) is 2.23. The molecule has 0 aromatic heterocycles. The molecule has 0 heterocycles. The molecule has 0 rings (SSSR count). The van der Waals surface area contributed by atoms with Crippen molar-refractivity contribution < 1.29 is 18.5 Å². The highest BCUT2D eigenvalue weighted by Gasteiger charge is 2.24. The van der Waals surface area contributed by atoms with Crippen LogP contribution in [0.3, 0.4) is 0 Å². The number of phosphoric acid groups is 1. The van der Waals surface area contributed by atoms with E-state index < -0.39 is 7.82 Å². The van der Waals surface area contributed by atoms with Gasteiger partial charge in [0.25, 0.3) is 0 Å². The van der Waals surface area contributed by atoms with Crippen LogP contribution in [0.5, 0.6) is 0 Å². The number of unbranched alkanes of at least 4 members (excludes halogenated alkanes) is 2. The third-order valence-electron chi connectivity index (χ3n) is 4.53. The van der Waals surface area contributed by atoms with Crippen LogP contribution >= 0.6 is 7.82 Å². The van der Waals surface area contributed by atoms with Crippen molar-refractivity contribution in [2.75, 3.05) is 52.5 Å². The third-order valence-corrected chi connectivity index (χ3v) is 5.48. The first-order chi connectivity index (χ1) is 15.7. The van der Waals surface area contributed by atoms with E-state index in [-0.39, 0.29) is 0 Å². The zero-order valence-corrected chi connectivity index (χ0v) is 22.9. The summed E-state index contributed by atoms with van der Waals surface area (Å²) < 4.78 is 22.2. The summed E-state index contributed by atoms with van der Waals surface area (Å²) in [5.41, 5.74) is 29.4. The van der Waals surface area contributed by atoms with Crippen LogP contribution in [0.15, 0.2) is 0 Å². The van der Waals surface area contributed by atoms with Gasteiger partial charge in [-0.3, -0.25) is 9.05 Å². The van der Waals surface area contributed by atoms with Crippen LogP contribution in [-0.2, 0) is 13.6 Å². The third kappa shape index (κ3) is 39.4. The van der Waals surface area contributed by atoms with Gasteiger partial charge in [-0.1, -0.05) is 66.2 Å². The van der Waals surface area contributed by atoms with Crippen LogP contribution in [0.4, 0.5) is 0 Å². The monoisotopic (exact) mass is 502 g/mol. The molecule has 0 aliphatic rings. The molecule has 0 fully saturated rings. The molecule has 0 amide bonds. The maximum atomic E-state index is 11.9. The fourth-order valence-corrected chi connectivity index (χ4v) is 3.11. The molecule has 0 aliphatic carbocycles. The first kappa shape index (κ1) is 40.1. The summed E-state index contributed by atoms with van der Waals surface area (Å²) in [6, 6.07) is 0. The predicted octanol–water partition coefficient (Wildman–Crippen LogP) is 2.26. The second-order valence-electron chi connectivity index (χ2n) is 7.63. The second kappa shape index (κ2) is 34.0. The number of hydrogen-bond donors (Lipinski definition) is 7. The lowest BCUT2D eigenvalue weighted by Gasteiger charge is -2.20. The Balaban J connectivity index is -0.000000287. The summed E-state index contributed by atoms with van der Waals surface area (Å²) in [7, 11) is -3.89. The van der Waals surface area contributed by atoms with Crippen LogP contribution in [0.1, 0.15) is 79.1 Å². The predicted molar refractivity (Wildman–Crippen MR) is 143 cm³/mol. The van der Waals surface area contributed by atoms with Crippen LogP contribution < -0.4 is 34.4 Å². The molecule has 0 aromatic carbocycles. The van der Waals surface area contributed by atoms with E-state index in [4.69, 9.17) is 43.4 Å². The molecule has 0 saturated carbocycles. The quantitative estimate of drug-likeness (QED) is 0.144. The van der Waals surface area contributed by atoms with Crippen molar-refractivity contribution in [3.05, 3.63) is 0 Å². The summed E-state index contributed by atoms with van der Waals surface area (Å²) in [6.45, 7) is 12.7. The number of hydrogen-bond acceptors (Lipinski definition) is 9. The molecule has 2 atom stereocenters. The Bertz CT molecular complexity index is 345. The highest BCUT2D eigenvalue weighted by Crippen LogP contribution is 2.44. The molecule has 0 aliphatic heterocycles. The normalized spacial score (nSPS) is 13.8. The van der Waals surface area contributed by atoms with Crippen LogP contribution in [0.2, 0.25) is 0 Å². The number of nitrogens with two attached hydrogens (primary N) is 6. The average Bonchev–Trinajstić information content (AvgIpc) is 2.84. The van der Waals surface area contributed by atoms with Crippen molar-refractivity contribution in [1.29, 1.82) is 0 Å². The van der Waals surface area contributed by atoms with Gasteiger partial charge in [0.05, 0.1) is 13.2 Å². The van der Waals surface area contributed by atoms with Gasteiger partial charge in [0, 0.05) is 39.3 Å². The first-order valence-electron chi connectivity index (χ1n) is 12.6. The van der Waals surface area contributed by atoms with E-state index in [0.29, 0.717) is 64.3 Å². The Morgan fingerprint density at radius 1 is 0.636 bits per heavy atom. The molecule has 10 nitrogen and oxygen atoms in total. The maximum absolute atomic E-state index is 11.9. The Morgan fingerprint density at radius 2 is 0.909 bits per heavy atom. The highest BCUT2D eigenvalue weighted by molar-refractivity contribution is 7.47. The van der Waals surface area contributed by atoms with Crippen molar-refractivity contribution in [3.8, 4) is 0 Å². The Kier molecular flexibility index (Phi) is 41.3. The molecule has 0 spiro atoms. The van der Waals surface area contributed by atoms with Crippen LogP contribution in [0.25, 0.3) is 0 Å². The fraction of sp³-hybridized carbons (Fsp3) is 1.00. The Morgan fingerprint density at radius 3 is 1.09 bits per heavy atom. The minimum Gasteiger partial charge on any atom is -0.329 e. The van der Waals surface area contributed by atoms with E-state index >= 15 is 0 Å². The molecule has 0 bridgehead atoms. The lowest BCUT2D eigenvalue weighted by atomic mass is 10.0. The van der Waals surface area contributed by atoms with Crippen LogP contribution in [-0.4, -0.2) is 57.4 Å². The van der Waals surface area contributed by atoms with Crippen LogP contribution in [0, 0.1) is 11.8 Å². The lowest BCUT2D eigenvalue weighted by molar-refractivity contribution is 0.110. The highest BCUT2D eigenvalue weighted by atomic mass is 31.2. The molecule has 206 valence electrons. The molecule has 0 aromatic rings. The number of rotatable bonds is 17. The van der Waals surface area contributed by atoms with Gasteiger partial charge < -0.3 is 39.3 Å². The van der Waals surface area contributed by atoms with E-state index in [1.165, 1.54) is 0 Å². The van der Waals surface area contributed by atoms with Gasteiger partial charge in [0.2, 0.25) is 0 Å². The van der Waals surface area contributed by atoms with Crippen molar-refractivity contribution >= 4 is 7.82 Å². The maximum Gasteiger partial charge on any atom is 0.472 e. The summed E-state index contributed by atoms with van der Waals surface area (Å²) in [5, 5.41) is 0. The zero-order chi connectivity index (χ0) is 26.4. The van der Waals surface area contributed by atoms with Gasteiger partial charge in [-0.25, -0.2) is 4.57 Å². The SMILES string of the molecule is CCCCC(CC)COP(=O)(O)OCC(CC)CCCC.NCCN.NCCN.NCCN. The largest absolute Gasteiger partial charge is 0.472 e. The summed E-state index contributed by atoms with van der Waals surface area (Å²) in [6.07, 6.45) is 8.56. The van der Waals surface area contributed by atoms with Gasteiger partial charge >= 0.3 is 7.82 Å². The van der Waals surface area contributed by atoms with Crippen molar-refractivity contribution in [2.45, 2.75) is 79.1 Å². The number of phosphoric ester groups is 1. The van der Waals surface area contributed by atoms with Crippen molar-refractivity contribution in [3.63, 3.8) is 0 Å². The second-order valence-corrected chi connectivity index (χ2v) is 9.08. The molecule has 11 heteroatoms. The molecule has 33 heavy (non-hydrogen) atoms. The summed E-state index contributed by atoms with van der Waals surface area (Å²) in [5.74, 6) is 0.687. The van der Waals surface area contributed by atoms with Gasteiger partial charge in [-0.05, 0) is 24.7 Å². The van der Waals surface area contributed by atoms with Crippen molar-refractivity contribution in [2.24, 2.45) is 46.2 Å². The molecular formula is C22H59N6O4P. The van der Waals surface area contributed by atoms with Gasteiger partial charge in [0.15, 0.2) is 0 Å². The van der Waals surface area contributed by atoms with Crippen molar-refractivity contribution in [1.82, 2.24) is 0 Å². The Labute approximate surface area is 204 Å². The smallest absolute Gasteiger partial charge is 0.329 e. The van der Waals surface area contributed by atoms with Gasteiger partial charge in [0.1, 0.15) is 0 Å². The van der Waals surface area contributed by atoms with E-state index in [1.54, 1.807) is 0 Å². The van der Waals surface area contributed by atoms with Gasteiger partial charge in [-0.2, -0.15) is 0 Å². The standard InChI is InChI=1S/C16H35O4P.3C2H8N2/c1-5-9-11-15(7-3)13-19-21(17,18)20-14-16(8-4)12-10-6-2;3*3-1-2-4/h15-16H,5-14H2,1-4H3,(H,17,18);3*1-4H2. The van der Waals surface area contributed by atoms with E-state index in [0.717, 1.165) is 51.4 Å². The average molecular weight is 503 g/mol. The summed E-state index contributed by atoms with van der Waals surface area (Å²) in [4.78, 5) is 9.77. The molecular weight excluding hydrogens is 443 g/mol. The summed E-state index contributed by atoms with van der Waals surface area (Å²) >= 11 is 0. The molecule has 0 radical (unpaired) electrons. The van der Waals surface area contributed by atoms with E-state index in [9.17, 15) is 9.46 Å². The minimum atomic E-state index is -3.89. The van der Waals surface area contributed by atoms with E-state index in [1.807, 2.05) is 0 Å². The lowest BCUT2D eigenvalue weighted by Crippen LogP contribution is -2.12. The van der Waals surface area contributed by atoms with E-state index in [2.05, 4.69) is 27.7 Å². The zero-order valence-electron chi connectivity index (χ0n) is 22.1. The minimum absolute atomic E-state index is 0.316. The molecule has 2 unspecified atom stereocenters. The van der Waals surface area contributed by atoms with Gasteiger partial charge in [-0.15, -0.1) is 0 Å². The molecule has 0 saturated heterocycles.